The summed E-state index contributed by atoms with van der Waals surface area (Å²) in [5.74, 6) is 0.176. The molecule has 1 saturated heterocycles. The smallest absolute Gasteiger partial charge is 0.220 e. The van der Waals surface area contributed by atoms with Crippen LogP contribution in [0.3, 0.4) is 0 Å². The zero-order valence-corrected chi connectivity index (χ0v) is 22.4. The number of amidine groups is 1. The van der Waals surface area contributed by atoms with Gasteiger partial charge < -0.3 is 20.9 Å². The molecule has 0 bridgehead atoms. The Bertz CT molecular complexity index is 1120. The highest BCUT2D eigenvalue weighted by molar-refractivity contribution is 8.03. The molecule has 1 amide bonds. The third kappa shape index (κ3) is 6.37. The third-order valence-electron chi connectivity index (χ3n) is 5.95. The highest BCUT2D eigenvalue weighted by Gasteiger charge is 2.40. The number of nitrogens with one attached hydrogen (secondary N) is 3. The van der Waals surface area contributed by atoms with Crippen LogP contribution in [-0.2, 0) is 4.79 Å². The van der Waals surface area contributed by atoms with Crippen LogP contribution in [0.1, 0.15) is 52.1 Å². The molecule has 1 aromatic rings. The minimum absolute atomic E-state index is 0.00514. The molecular weight excluding hydrogens is 504 g/mol. The summed E-state index contributed by atoms with van der Waals surface area (Å²) < 4.78 is 28.2. The maximum Gasteiger partial charge on any atom is 0.220 e. The van der Waals surface area contributed by atoms with Crippen LogP contribution in [0.4, 0.5) is 8.78 Å². The van der Waals surface area contributed by atoms with Crippen LogP contribution in [0.5, 0.6) is 0 Å². The Morgan fingerprint density at radius 2 is 2.17 bits per heavy atom. The average Bonchev–Trinajstić information content (AvgIpc) is 3.27. The Morgan fingerprint density at radius 1 is 1.42 bits per heavy atom. The highest BCUT2D eigenvalue weighted by atomic mass is 35.5. The molecule has 0 spiro atoms. The molecule has 2 heterocycles. The number of aliphatic imine (C=N–C) groups is 1. The first-order valence-electron chi connectivity index (χ1n) is 11.9. The second-order valence-corrected chi connectivity index (χ2v) is 10.3. The first-order valence-corrected chi connectivity index (χ1v) is 13.2. The van der Waals surface area contributed by atoms with Crippen molar-refractivity contribution < 1.29 is 13.6 Å². The summed E-state index contributed by atoms with van der Waals surface area (Å²) in [6.07, 6.45) is 4.09. The van der Waals surface area contributed by atoms with Crippen LogP contribution < -0.4 is 10.6 Å². The van der Waals surface area contributed by atoms with Gasteiger partial charge in [-0.05, 0) is 43.9 Å². The number of rotatable bonds is 10. The molecule has 1 aromatic carbocycles. The number of hydrogen-bond acceptors (Lipinski definition) is 6. The van der Waals surface area contributed by atoms with Gasteiger partial charge in [0.15, 0.2) is 6.30 Å². The van der Waals surface area contributed by atoms with Crippen molar-refractivity contribution in [2.75, 3.05) is 6.54 Å². The molecule has 0 radical (unpaired) electrons. The summed E-state index contributed by atoms with van der Waals surface area (Å²) in [5.41, 5.74) is 2.54. The molecule has 6 nitrogen and oxygen atoms in total. The van der Waals surface area contributed by atoms with E-state index in [1.54, 1.807) is 24.8 Å². The van der Waals surface area contributed by atoms with E-state index in [1.165, 1.54) is 25.3 Å². The van der Waals surface area contributed by atoms with Crippen molar-refractivity contribution >= 4 is 41.3 Å². The molecular formula is C26H32ClF2N5OS. The summed E-state index contributed by atoms with van der Waals surface area (Å²) in [4.78, 5) is 19.3. The van der Waals surface area contributed by atoms with E-state index in [0.717, 1.165) is 17.7 Å². The number of nitrogens with zero attached hydrogens (tertiary/aromatic N) is 2. The Balaban J connectivity index is 2.21. The number of hydrogen-bond donors (Lipinski definition) is 3. The van der Waals surface area contributed by atoms with Gasteiger partial charge in [0.2, 0.25) is 5.91 Å². The fourth-order valence-electron chi connectivity index (χ4n) is 4.31. The summed E-state index contributed by atoms with van der Waals surface area (Å²) in [6.45, 7) is 7.66. The van der Waals surface area contributed by atoms with Gasteiger partial charge in [0.1, 0.15) is 17.7 Å². The quantitative estimate of drug-likeness (QED) is 0.258. The number of halogens is 3. The molecule has 0 aliphatic carbocycles. The predicted molar refractivity (Wildman–Crippen MR) is 145 cm³/mol. The summed E-state index contributed by atoms with van der Waals surface area (Å²) in [7, 11) is 0. The van der Waals surface area contributed by atoms with Crippen molar-refractivity contribution in [1.29, 1.82) is 5.41 Å². The first-order chi connectivity index (χ1) is 17.2. The van der Waals surface area contributed by atoms with Crippen LogP contribution in [0.25, 0.3) is 0 Å². The molecule has 2 aliphatic rings. The first kappa shape index (κ1) is 27.9. The van der Waals surface area contributed by atoms with Crippen molar-refractivity contribution in [3.8, 4) is 0 Å². The number of benzene rings is 1. The van der Waals surface area contributed by atoms with Gasteiger partial charge >= 0.3 is 0 Å². The van der Waals surface area contributed by atoms with E-state index in [-0.39, 0.29) is 22.2 Å². The fraction of sp³-hybridized carbons (Fsp3) is 0.423. The standard InChI is InChI=1S/C26H32ClF2N5OS/c1-5-9-36-15(3)26-33-25(17-7-8-20(27)21(29)10-17)24(18(12-30)13-31-16(4)28)22-11-19(14-34(22)26)32-23(35)6-2/h5,7-10,12-13,15-16,19,25,30-31H,6,11,14H2,1-4H3,(H,32,35)/b9-5-,18-13+,30-12?/t15?,16?,19?,25-/m0/s1. The maximum absolute atomic E-state index is 14.5. The van der Waals surface area contributed by atoms with Crippen molar-refractivity contribution in [3.05, 3.63) is 69.1 Å². The summed E-state index contributed by atoms with van der Waals surface area (Å²) in [6, 6.07) is 3.76. The van der Waals surface area contributed by atoms with Gasteiger partial charge in [-0.1, -0.05) is 30.7 Å². The Morgan fingerprint density at radius 3 is 2.78 bits per heavy atom. The van der Waals surface area contributed by atoms with Crippen molar-refractivity contribution in [3.63, 3.8) is 0 Å². The van der Waals surface area contributed by atoms with E-state index < -0.39 is 18.2 Å². The molecule has 0 aromatic heterocycles. The number of fused-ring (bicyclic) bond motifs is 1. The van der Waals surface area contributed by atoms with Crippen molar-refractivity contribution in [2.24, 2.45) is 4.99 Å². The number of alkyl halides is 1. The van der Waals surface area contributed by atoms with Crippen LogP contribution in [0.15, 0.2) is 57.7 Å². The van der Waals surface area contributed by atoms with Gasteiger partial charge in [0.25, 0.3) is 0 Å². The third-order valence-corrected chi connectivity index (χ3v) is 7.31. The van der Waals surface area contributed by atoms with Crippen LogP contribution in [0.2, 0.25) is 5.02 Å². The molecule has 3 N–H and O–H groups in total. The molecule has 0 saturated carbocycles. The molecule has 2 aliphatic heterocycles. The normalized spacial score (nSPS) is 21.8. The van der Waals surface area contributed by atoms with E-state index in [4.69, 9.17) is 22.0 Å². The van der Waals surface area contributed by atoms with Crippen molar-refractivity contribution in [2.45, 2.75) is 64.2 Å². The van der Waals surface area contributed by atoms with Crippen LogP contribution in [0, 0.1) is 11.2 Å². The maximum atomic E-state index is 14.5. The average molecular weight is 536 g/mol. The van der Waals surface area contributed by atoms with E-state index in [0.29, 0.717) is 36.1 Å². The number of carbonyl (C=O) groups is 1. The fourth-order valence-corrected chi connectivity index (χ4v) is 5.13. The summed E-state index contributed by atoms with van der Waals surface area (Å²) in [5, 5.41) is 15.8. The summed E-state index contributed by atoms with van der Waals surface area (Å²) >= 11 is 7.56. The van der Waals surface area contributed by atoms with Gasteiger partial charge in [-0.3, -0.25) is 9.79 Å². The number of thioether (sulfide) groups is 1. The van der Waals surface area contributed by atoms with Gasteiger partial charge in [-0.15, -0.1) is 11.8 Å². The van der Waals surface area contributed by atoms with Crippen LogP contribution in [-0.4, -0.2) is 47.0 Å². The molecule has 4 atom stereocenters. The molecule has 36 heavy (non-hydrogen) atoms. The minimum atomic E-state index is -1.33. The van der Waals surface area contributed by atoms with E-state index in [2.05, 4.69) is 15.5 Å². The molecule has 3 rings (SSSR count). The number of allylic oxidation sites excluding steroid dienone is 1. The van der Waals surface area contributed by atoms with Gasteiger partial charge in [0.05, 0.1) is 16.3 Å². The lowest BCUT2D eigenvalue weighted by molar-refractivity contribution is -0.121. The SMILES string of the molecule is C/C=C\SC(C)C1=N[C@@H](c2ccc(Cl)c(F)c2)C(/C(C=N)=C/NC(C)F)=C2CC(NC(=O)CC)CN12. The van der Waals surface area contributed by atoms with Gasteiger partial charge in [0, 0.05) is 48.6 Å². The monoisotopic (exact) mass is 535 g/mol. The molecule has 3 unspecified atom stereocenters. The Hall–Kier alpha value is -2.65. The van der Waals surface area contributed by atoms with Gasteiger partial charge in [-0.25, -0.2) is 8.78 Å². The van der Waals surface area contributed by atoms with E-state index in [9.17, 15) is 13.6 Å². The molecule has 1 fully saturated rings. The lowest BCUT2D eigenvalue weighted by atomic mass is 9.89. The second-order valence-electron chi connectivity index (χ2n) is 8.63. The van der Waals surface area contributed by atoms with E-state index in [1.807, 2.05) is 25.3 Å². The molecule has 194 valence electrons. The molecule has 10 heteroatoms. The number of carbonyl (C=O) groups excluding carboxylic acids is 1. The lowest BCUT2D eigenvalue weighted by Gasteiger charge is -2.35. The highest BCUT2D eigenvalue weighted by Crippen LogP contribution is 2.43. The van der Waals surface area contributed by atoms with E-state index >= 15 is 0 Å². The topological polar surface area (TPSA) is 80.6 Å². The largest absolute Gasteiger partial charge is 0.362 e. The zero-order chi connectivity index (χ0) is 26.4. The van der Waals surface area contributed by atoms with Gasteiger partial charge in [-0.2, -0.15) is 0 Å². The van der Waals surface area contributed by atoms with Crippen molar-refractivity contribution in [1.82, 2.24) is 15.5 Å². The minimum Gasteiger partial charge on any atom is -0.362 e. The Kier molecular flexibility index (Phi) is 9.73. The predicted octanol–water partition coefficient (Wildman–Crippen LogP) is 5.88. The van der Waals surface area contributed by atoms with Crippen LogP contribution >= 0.6 is 23.4 Å². The number of amides is 1. The lowest BCUT2D eigenvalue weighted by Crippen LogP contribution is -2.41. The second kappa shape index (κ2) is 12.5. The zero-order valence-electron chi connectivity index (χ0n) is 20.8. The Labute approximate surface area is 220 Å².